The molecular formula is C20H35O6P. The van der Waals surface area contributed by atoms with Crippen molar-refractivity contribution >= 4 is 14.2 Å². The number of rotatable bonds is 9. The Kier molecular flexibility index (Phi) is 12.3. The highest BCUT2D eigenvalue weighted by Crippen LogP contribution is 2.37. The molecular weight excluding hydrogens is 367 g/mol. The second kappa shape index (κ2) is 12.9. The molecule has 1 aromatic carbocycles. The van der Waals surface area contributed by atoms with E-state index in [9.17, 15) is 9.90 Å². The average Bonchev–Trinajstić information content (AvgIpc) is 2.58. The third-order valence-electron chi connectivity index (χ3n) is 4.92. The molecule has 0 spiro atoms. The number of hydrogen-bond donors (Lipinski definition) is 3. The van der Waals surface area contributed by atoms with E-state index < -0.39 is 8.25 Å². The minimum Gasteiger partial charge on any atom is -0.508 e. The van der Waals surface area contributed by atoms with Crippen LogP contribution < -0.4 is 0 Å². The van der Waals surface area contributed by atoms with E-state index in [0.29, 0.717) is 18.3 Å². The fraction of sp³-hybridized carbons (Fsp3) is 0.650. The monoisotopic (exact) mass is 402 g/mol. The van der Waals surface area contributed by atoms with Gasteiger partial charge in [-0.05, 0) is 42.7 Å². The van der Waals surface area contributed by atoms with Gasteiger partial charge in [-0.25, -0.2) is 0 Å². The first-order valence-electron chi connectivity index (χ1n) is 9.47. The van der Waals surface area contributed by atoms with Gasteiger partial charge < -0.3 is 19.6 Å². The van der Waals surface area contributed by atoms with Crippen molar-refractivity contribution in [3.8, 4) is 5.75 Å². The molecule has 1 unspecified atom stereocenters. The van der Waals surface area contributed by atoms with Gasteiger partial charge in [-0.3, -0.25) is 9.36 Å². The van der Waals surface area contributed by atoms with Gasteiger partial charge in [0.25, 0.3) is 0 Å². The van der Waals surface area contributed by atoms with E-state index in [2.05, 4.69) is 27.7 Å². The first-order valence-corrected chi connectivity index (χ1v) is 10.8. The van der Waals surface area contributed by atoms with Gasteiger partial charge >= 0.3 is 14.2 Å². The van der Waals surface area contributed by atoms with Crippen molar-refractivity contribution in [3.05, 3.63) is 29.8 Å². The molecule has 0 saturated carbocycles. The summed E-state index contributed by atoms with van der Waals surface area (Å²) in [5, 5.41) is 10.1. The summed E-state index contributed by atoms with van der Waals surface area (Å²) in [5.41, 5.74) is 0.759. The molecule has 0 aliphatic carbocycles. The summed E-state index contributed by atoms with van der Waals surface area (Å²) < 4.78 is 14.0. The van der Waals surface area contributed by atoms with Gasteiger partial charge in [0, 0.05) is 0 Å². The van der Waals surface area contributed by atoms with Crippen molar-refractivity contribution in [2.75, 3.05) is 6.61 Å². The molecule has 1 aromatic rings. The summed E-state index contributed by atoms with van der Waals surface area (Å²) in [5.74, 6) is 0.548. The topological polar surface area (TPSA) is 104 Å². The molecule has 0 aliphatic rings. The number of phenolic OH excluding ortho intramolecular Hbond substituents is 1. The number of phenols is 1. The highest BCUT2D eigenvalue weighted by Gasteiger charge is 2.31. The Labute approximate surface area is 163 Å². The lowest BCUT2D eigenvalue weighted by Gasteiger charge is -2.30. The minimum atomic E-state index is -3.13. The van der Waals surface area contributed by atoms with Gasteiger partial charge in [-0.2, -0.15) is 0 Å². The molecule has 3 N–H and O–H groups in total. The predicted octanol–water partition coefficient (Wildman–Crippen LogP) is 4.43. The van der Waals surface area contributed by atoms with Gasteiger partial charge in [-0.1, -0.05) is 58.7 Å². The van der Waals surface area contributed by atoms with E-state index in [1.807, 2.05) is 25.1 Å². The lowest BCUT2D eigenvalue weighted by molar-refractivity contribution is -0.150. The zero-order chi connectivity index (χ0) is 21.0. The molecule has 0 heterocycles. The molecule has 1 atom stereocenters. The standard InChI is InChI=1S/C20H32O3.H3O3P/c1-6-15(7-2)16(19(22)23-8-3)13-14-20(4,5)17-11-9-10-12-18(17)21;1-4(2)3/h9-12,15-16,21H,6-8,13-14H2,1-5H3;4H,(H2,1,2,3). The number of para-hydroxylation sites is 1. The highest BCUT2D eigenvalue weighted by molar-refractivity contribution is 7.30. The van der Waals surface area contributed by atoms with Crippen LogP contribution in [0.1, 0.15) is 65.9 Å². The Morgan fingerprint density at radius 2 is 1.67 bits per heavy atom. The van der Waals surface area contributed by atoms with Crippen molar-refractivity contribution in [1.82, 2.24) is 0 Å². The van der Waals surface area contributed by atoms with Crippen LogP contribution >= 0.6 is 8.25 Å². The van der Waals surface area contributed by atoms with Crippen LogP contribution in [0.25, 0.3) is 0 Å². The molecule has 0 bridgehead atoms. The zero-order valence-corrected chi connectivity index (χ0v) is 18.1. The Hall–Kier alpha value is -1.36. The maximum absolute atomic E-state index is 12.4. The van der Waals surface area contributed by atoms with Crippen molar-refractivity contribution in [3.63, 3.8) is 0 Å². The molecule has 6 nitrogen and oxygen atoms in total. The van der Waals surface area contributed by atoms with Crippen LogP contribution in [-0.2, 0) is 19.5 Å². The first-order chi connectivity index (χ1) is 12.6. The number of carbonyl (C=O) groups excluding carboxylic acids is 1. The van der Waals surface area contributed by atoms with Gasteiger partial charge in [-0.15, -0.1) is 0 Å². The normalized spacial score (nSPS) is 12.5. The van der Waals surface area contributed by atoms with Crippen LogP contribution in [0.4, 0.5) is 0 Å². The third-order valence-corrected chi connectivity index (χ3v) is 4.92. The summed E-state index contributed by atoms with van der Waals surface area (Å²) in [6.45, 7) is 10.8. The lowest BCUT2D eigenvalue weighted by Crippen LogP contribution is -2.28. The van der Waals surface area contributed by atoms with Crippen LogP contribution in [0.5, 0.6) is 5.75 Å². The van der Waals surface area contributed by atoms with E-state index in [0.717, 1.165) is 31.2 Å². The average molecular weight is 402 g/mol. The summed E-state index contributed by atoms with van der Waals surface area (Å²) in [6.07, 6.45) is 3.59. The molecule has 156 valence electrons. The smallest absolute Gasteiger partial charge is 0.314 e. The maximum atomic E-state index is 12.4. The number of benzene rings is 1. The van der Waals surface area contributed by atoms with Crippen LogP contribution in [0.2, 0.25) is 0 Å². The second-order valence-electron chi connectivity index (χ2n) is 7.16. The second-order valence-corrected chi connectivity index (χ2v) is 7.72. The van der Waals surface area contributed by atoms with E-state index in [4.69, 9.17) is 19.1 Å². The Morgan fingerprint density at radius 3 is 2.11 bits per heavy atom. The van der Waals surface area contributed by atoms with Crippen LogP contribution in [0.3, 0.4) is 0 Å². The van der Waals surface area contributed by atoms with E-state index >= 15 is 0 Å². The molecule has 0 aliphatic heterocycles. The molecule has 7 heteroatoms. The first kappa shape index (κ1) is 25.6. The van der Waals surface area contributed by atoms with Crippen molar-refractivity contribution in [2.45, 2.75) is 65.7 Å². The van der Waals surface area contributed by atoms with E-state index in [1.54, 1.807) is 6.07 Å². The van der Waals surface area contributed by atoms with E-state index in [1.165, 1.54) is 0 Å². The largest absolute Gasteiger partial charge is 0.508 e. The molecule has 0 aromatic heterocycles. The number of aromatic hydroxyl groups is 1. The number of esters is 1. The maximum Gasteiger partial charge on any atom is 0.314 e. The highest BCUT2D eigenvalue weighted by atomic mass is 31.1. The fourth-order valence-corrected chi connectivity index (χ4v) is 3.35. The van der Waals surface area contributed by atoms with Crippen LogP contribution in [-0.4, -0.2) is 27.5 Å². The van der Waals surface area contributed by atoms with Gasteiger partial charge in [0.15, 0.2) is 0 Å². The third kappa shape index (κ3) is 9.41. The minimum absolute atomic E-state index is 0.0601. The number of ether oxygens (including phenoxy) is 1. The van der Waals surface area contributed by atoms with Crippen LogP contribution in [0, 0.1) is 11.8 Å². The predicted molar refractivity (Wildman–Crippen MR) is 108 cm³/mol. The van der Waals surface area contributed by atoms with Crippen molar-refractivity contribution in [1.29, 1.82) is 0 Å². The van der Waals surface area contributed by atoms with Crippen LogP contribution in [0.15, 0.2) is 24.3 Å². The fourth-order valence-electron chi connectivity index (χ4n) is 3.35. The molecule has 27 heavy (non-hydrogen) atoms. The van der Waals surface area contributed by atoms with Gasteiger partial charge in [0.1, 0.15) is 5.75 Å². The quantitative estimate of drug-likeness (QED) is 0.417. The summed E-state index contributed by atoms with van der Waals surface area (Å²) >= 11 is 0. The molecule has 0 saturated heterocycles. The summed E-state index contributed by atoms with van der Waals surface area (Å²) in [4.78, 5) is 26.7. The molecule has 0 amide bonds. The Balaban J connectivity index is 0.00000153. The Morgan fingerprint density at radius 1 is 1.15 bits per heavy atom. The molecule has 0 radical (unpaired) electrons. The molecule has 1 rings (SSSR count). The molecule has 0 fully saturated rings. The summed E-state index contributed by atoms with van der Waals surface area (Å²) in [7, 11) is -3.13. The SMILES string of the molecule is CCOC(=O)C(CCC(C)(C)c1ccccc1O)C(CC)CC.O=[PH](O)O. The number of carbonyl (C=O) groups is 1. The zero-order valence-electron chi connectivity index (χ0n) is 17.1. The van der Waals surface area contributed by atoms with Crippen molar-refractivity contribution < 1.29 is 29.0 Å². The number of hydrogen-bond acceptors (Lipinski definition) is 4. The van der Waals surface area contributed by atoms with Crippen molar-refractivity contribution in [2.24, 2.45) is 11.8 Å². The summed E-state index contributed by atoms with van der Waals surface area (Å²) in [6, 6.07) is 7.47. The van der Waals surface area contributed by atoms with Gasteiger partial charge in [0.2, 0.25) is 0 Å². The van der Waals surface area contributed by atoms with Gasteiger partial charge in [0.05, 0.1) is 12.5 Å². The van der Waals surface area contributed by atoms with E-state index in [-0.39, 0.29) is 17.3 Å². The Bertz CT molecular complexity index is 580. The lowest BCUT2D eigenvalue weighted by atomic mass is 9.75.